The quantitative estimate of drug-likeness (QED) is 0.514. The van der Waals surface area contributed by atoms with Crippen LogP contribution in [0.25, 0.3) is 10.9 Å². The van der Waals surface area contributed by atoms with Gasteiger partial charge in [-0.2, -0.15) is 10.2 Å². The minimum Gasteiger partial charge on any atom is -0.497 e. The Labute approximate surface area is 197 Å². The number of nitrogens with zero attached hydrogens (tertiary/aromatic N) is 4. The lowest BCUT2D eigenvalue weighted by molar-refractivity contribution is -0.113. The number of pyridine rings is 1. The molecule has 2 aliphatic rings. The van der Waals surface area contributed by atoms with Gasteiger partial charge in [-0.1, -0.05) is 0 Å². The zero-order valence-electron chi connectivity index (χ0n) is 18.7. The molecule has 1 amide bonds. The Morgan fingerprint density at radius 1 is 1.24 bits per heavy atom. The van der Waals surface area contributed by atoms with Crippen molar-refractivity contribution in [2.75, 3.05) is 42.7 Å². The molecule has 172 valence electrons. The first-order valence-electron chi connectivity index (χ1n) is 11.4. The van der Waals surface area contributed by atoms with Crippen molar-refractivity contribution in [2.45, 2.75) is 30.7 Å². The molecule has 0 radical (unpaired) electrons. The number of methoxy groups -OCH3 is 1. The Balaban J connectivity index is 1.11. The number of carbonyl (C=O) groups is 1. The number of thioether (sulfide) groups is 1. The second kappa shape index (κ2) is 9.93. The number of hydrogen-bond acceptors (Lipinski definition) is 8. The summed E-state index contributed by atoms with van der Waals surface area (Å²) in [5.41, 5.74) is 2.99. The van der Waals surface area contributed by atoms with Gasteiger partial charge in [-0.3, -0.25) is 4.79 Å². The predicted octanol–water partition coefficient (Wildman–Crippen LogP) is 3.47. The molecule has 0 aliphatic carbocycles. The van der Waals surface area contributed by atoms with E-state index in [1.165, 1.54) is 0 Å². The standard InChI is InChI=1S/C24H28N6O2S/c1-32-18-3-4-20-19(12-18)21(14-26-29-20)30-10-7-16(8-11-30)6-9-25-13-17-2-5-22-24(27-17)28-23(31)15-33-22/h2-5,12,14,16,25H,6-11,13,15H2,1H3,(H,27,28,31). The highest BCUT2D eigenvalue weighted by atomic mass is 32.2. The van der Waals surface area contributed by atoms with Crippen LogP contribution in [0, 0.1) is 5.92 Å². The van der Waals surface area contributed by atoms with Gasteiger partial charge in [-0.25, -0.2) is 4.98 Å². The number of benzene rings is 1. The highest BCUT2D eigenvalue weighted by Crippen LogP contribution is 2.32. The van der Waals surface area contributed by atoms with Gasteiger partial charge in [0.2, 0.25) is 5.91 Å². The average molecular weight is 465 g/mol. The van der Waals surface area contributed by atoms with Crippen molar-refractivity contribution < 1.29 is 9.53 Å². The van der Waals surface area contributed by atoms with Gasteiger partial charge in [-0.05, 0) is 62.1 Å². The van der Waals surface area contributed by atoms with Crippen molar-refractivity contribution in [1.82, 2.24) is 20.5 Å². The van der Waals surface area contributed by atoms with E-state index in [9.17, 15) is 4.79 Å². The molecule has 5 rings (SSSR count). The Morgan fingerprint density at radius 3 is 2.97 bits per heavy atom. The first-order valence-corrected chi connectivity index (χ1v) is 12.4. The number of ether oxygens (including phenoxy) is 1. The number of fused-ring (bicyclic) bond motifs is 2. The zero-order chi connectivity index (χ0) is 22.6. The van der Waals surface area contributed by atoms with Crippen molar-refractivity contribution in [3.63, 3.8) is 0 Å². The Morgan fingerprint density at radius 2 is 2.12 bits per heavy atom. The van der Waals surface area contributed by atoms with Crippen molar-refractivity contribution in [3.8, 4) is 5.75 Å². The molecular weight excluding hydrogens is 436 g/mol. The fourth-order valence-corrected chi connectivity index (χ4v) is 5.25. The van der Waals surface area contributed by atoms with E-state index in [-0.39, 0.29) is 5.91 Å². The van der Waals surface area contributed by atoms with Crippen LogP contribution in [0.4, 0.5) is 11.5 Å². The van der Waals surface area contributed by atoms with E-state index in [4.69, 9.17) is 4.74 Å². The number of piperidine rings is 1. The molecule has 0 atom stereocenters. The molecule has 33 heavy (non-hydrogen) atoms. The zero-order valence-corrected chi connectivity index (χ0v) is 19.5. The van der Waals surface area contributed by atoms with E-state index < -0.39 is 0 Å². The van der Waals surface area contributed by atoms with Gasteiger partial charge in [0, 0.05) is 25.0 Å². The molecular formula is C24H28N6O2S. The van der Waals surface area contributed by atoms with Gasteiger partial charge in [0.25, 0.3) is 0 Å². The minimum atomic E-state index is 0.0196. The minimum absolute atomic E-state index is 0.0196. The molecule has 2 aliphatic heterocycles. The van der Waals surface area contributed by atoms with E-state index >= 15 is 0 Å². The molecule has 8 nitrogen and oxygen atoms in total. The molecule has 0 unspecified atom stereocenters. The Bertz CT molecular complexity index is 1150. The van der Waals surface area contributed by atoms with E-state index in [1.54, 1.807) is 18.9 Å². The first kappa shape index (κ1) is 21.9. The van der Waals surface area contributed by atoms with Crippen LogP contribution in [0.2, 0.25) is 0 Å². The summed E-state index contributed by atoms with van der Waals surface area (Å²) < 4.78 is 5.40. The molecule has 1 saturated heterocycles. The SMILES string of the molecule is COc1ccc2nncc(N3CCC(CCNCc4ccc5c(n4)NC(=O)CS5)CC3)c2c1. The molecule has 2 aromatic heterocycles. The van der Waals surface area contributed by atoms with Gasteiger partial charge in [0.1, 0.15) is 11.6 Å². The van der Waals surface area contributed by atoms with Crippen molar-refractivity contribution >= 4 is 40.1 Å². The highest BCUT2D eigenvalue weighted by molar-refractivity contribution is 8.00. The second-order valence-corrected chi connectivity index (χ2v) is 9.51. The molecule has 0 spiro atoms. The Kier molecular flexibility index (Phi) is 6.59. The third-order valence-corrected chi connectivity index (χ3v) is 7.40. The highest BCUT2D eigenvalue weighted by Gasteiger charge is 2.21. The summed E-state index contributed by atoms with van der Waals surface area (Å²) in [6.45, 7) is 3.71. The largest absolute Gasteiger partial charge is 0.497 e. The van der Waals surface area contributed by atoms with E-state index in [2.05, 4.69) is 30.7 Å². The molecule has 3 aromatic rings. The maximum Gasteiger partial charge on any atom is 0.235 e. The van der Waals surface area contributed by atoms with Crippen LogP contribution in [-0.4, -0.2) is 53.6 Å². The molecule has 0 bridgehead atoms. The molecule has 4 heterocycles. The van der Waals surface area contributed by atoms with E-state index in [0.717, 1.165) is 71.8 Å². The molecule has 1 aromatic carbocycles. The maximum atomic E-state index is 11.6. The average Bonchev–Trinajstić information content (AvgIpc) is 2.86. The number of aromatic nitrogens is 3. The predicted molar refractivity (Wildman–Crippen MR) is 131 cm³/mol. The summed E-state index contributed by atoms with van der Waals surface area (Å²) in [5, 5.41) is 15.9. The van der Waals surface area contributed by atoms with Gasteiger partial charge in [0.15, 0.2) is 0 Å². The lowest BCUT2D eigenvalue weighted by Crippen LogP contribution is -2.35. The van der Waals surface area contributed by atoms with Crippen LogP contribution >= 0.6 is 11.8 Å². The van der Waals surface area contributed by atoms with E-state index in [1.807, 2.05) is 36.5 Å². The molecule has 0 saturated carbocycles. The first-order chi connectivity index (χ1) is 16.2. The van der Waals surface area contributed by atoms with Crippen molar-refractivity contribution in [2.24, 2.45) is 5.92 Å². The Hall–Kier alpha value is -2.91. The number of carbonyl (C=O) groups excluding carboxylic acids is 1. The summed E-state index contributed by atoms with van der Waals surface area (Å²) in [6.07, 6.45) is 5.34. The van der Waals surface area contributed by atoms with Gasteiger partial charge in [-0.15, -0.1) is 11.8 Å². The van der Waals surface area contributed by atoms with Gasteiger partial charge in [0.05, 0.1) is 40.9 Å². The van der Waals surface area contributed by atoms with Crippen LogP contribution < -0.4 is 20.3 Å². The lowest BCUT2D eigenvalue weighted by atomic mass is 9.93. The van der Waals surface area contributed by atoms with Gasteiger partial charge < -0.3 is 20.3 Å². The van der Waals surface area contributed by atoms with Crippen LogP contribution in [0.15, 0.2) is 41.4 Å². The molecule has 9 heteroatoms. The third kappa shape index (κ3) is 5.04. The summed E-state index contributed by atoms with van der Waals surface area (Å²) in [4.78, 5) is 19.6. The van der Waals surface area contributed by atoms with E-state index in [0.29, 0.717) is 24.0 Å². The normalized spacial score (nSPS) is 16.5. The fourth-order valence-electron chi connectivity index (χ4n) is 4.49. The number of rotatable bonds is 7. The smallest absolute Gasteiger partial charge is 0.235 e. The maximum absolute atomic E-state index is 11.6. The number of amides is 1. The third-order valence-electron chi connectivity index (χ3n) is 6.35. The number of hydrogen-bond donors (Lipinski definition) is 2. The fraction of sp³-hybridized carbons (Fsp3) is 0.417. The molecule has 1 fully saturated rings. The summed E-state index contributed by atoms with van der Waals surface area (Å²) in [5.74, 6) is 2.72. The van der Waals surface area contributed by atoms with Crippen LogP contribution in [0.3, 0.4) is 0 Å². The van der Waals surface area contributed by atoms with Gasteiger partial charge >= 0.3 is 0 Å². The number of anilines is 2. The number of nitrogens with one attached hydrogen (secondary N) is 2. The lowest BCUT2D eigenvalue weighted by Gasteiger charge is -2.34. The topological polar surface area (TPSA) is 92.3 Å². The van der Waals surface area contributed by atoms with Crippen molar-refractivity contribution in [3.05, 3.63) is 42.2 Å². The van der Waals surface area contributed by atoms with Crippen LogP contribution in [0.1, 0.15) is 25.0 Å². The summed E-state index contributed by atoms with van der Waals surface area (Å²) in [6, 6.07) is 10.0. The summed E-state index contributed by atoms with van der Waals surface area (Å²) in [7, 11) is 1.69. The van der Waals surface area contributed by atoms with Crippen LogP contribution in [0.5, 0.6) is 5.75 Å². The van der Waals surface area contributed by atoms with Crippen molar-refractivity contribution in [1.29, 1.82) is 0 Å². The molecule has 2 N–H and O–H groups in total. The monoisotopic (exact) mass is 464 g/mol. The van der Waals surface area contributed by atoms with Crippen LogP contribution in [-0.2, 0) is 11.3 Å². The second-order valence-electron chi connectivity index (χ2n) is 8.49. The summed E-state index contributed by atoms with van der Waals surface area (Å²) >= 11 is 1.54.